The van der Waals surface area contributed by atoms with Crippen LogP contribution in [0.15, 0.2) is 43.0 Å². The fourth-order valence-corrected chi connectivity index (χ4v) is 3.90. The second-order valence-corrected chi connectivity index (χ2v) is 8.29. The Morgan fingerprint density at radius 3 is 2.30 bits per heavy atom. The minimum absolute atomic E-state index is 0.130. The summed E-state index contributed by atoms with van der Waals surface area (Å²) in [5, 5.41) is 6.00. The number of urea groups is 1. The zero-order valence-electron chi connectivity index (χ0n) is 22.1. The number of amides is 2. The Kier molecular flexibility index (Phi) is 9.99. The van der Waals surface area contributed by atoms with Crippen LogP contribution in [0.5, 0.6) is 0 Å². The zero-order chi connectivity index (χ0) is 27.9. The van der Waals surface area contributed by atoms with E-state index in [1.807, 2.05) is 59.6 Å². The molecule has 1 aromatic heterocycles. The molecule has 7 nitrogen and oxygen atoms in total. The smallest absolute Gasteiger partial charge is 0.328 e. The number of aromatic nitrogens is 2. The average molecular weight is 510 g/mol. The van der Waals surface area contributed by atoms with Crippen molar-refractivity contribution in [3.05, 3.63) is 77.1 Å². The summed E-state index contributed by atoms with van der Waals surface area (Å²) in [6.07, 6.45) is 0. The van der Waals surface area contributed by atoms with Gasteiger partial charge in [-0.15, -0.1) is 0 Å². The number of carbonyl (C=O) groups is 2. The van der Waals surface area contributed by atoms with Gasteiger partial charge in [-0.2, -0.15) is 0 Å². The normalized spacial score (nSPS) is 11.9. The van der Waals surface area contributed by atoms with E-state index in [4.69, 9.17) is 4.79 Å². The fraction of sp³-hybridized carbons (Fsp3) is 0.286. The molecule has 2 N–H and O–H groups in total. The van der Waals surface area contributed by atoms with Crippen molar-refractivity contribution in [2.75, 3.05) is 4.90 Å². The van der Waals surface area contributed by atoms with Gasteiger partial charge in [-0.1, -0.05) is 38.6 Å². The Morgan fingerprint density at radius 1 is 1.08 bits per heavy atom. The fourth-order valence-electron chi connectivity index (χ4n) is 3.90. The van der Waals surface area contributed by atoms with Crippen LogP contribution in [0, 0.1) is 25.5 Å². The van der Waals surface area contributed by atoms with Crippen molar-refractivity contribution in [2.24, 2.45) is 0 Å². The highest BCUT2D eigenvalue weighted by Crippen LogP contribution is 2.38. The van der Waals surface area contributed by atoms with Crippen LogP contribution < -0.4 is 15.5 Å². The first-order chi connectivity index (χ1) is 17.7. The highest BCUT2D eigenvalue weighted by atomic mass is 19.1. The number of carbonyl (C=O) groups excluding carboxylic acids is 2. The summed E-state index contributed by atoms with van der Waals surface area (Å²) >= 11 is 0. The Morgan fingerprint density at radius 2 is 1.70 bits per heavy atom. The Bertz CT molecular complexity index is 1270. The van der Waals surface area contributed by atoms with Crippen molar-refractivity contribution in [3.8, 4) is 11.3 Å². The molecular weight excluding hydrogens is 476 g/mol. The number of nitrogens with one attached hydrogen (secondary N) is 2. The summed E-state index contributed by atoms with van der Waals surface area (Å²) < 4.78 is 29.2. The van der Waals surface area contributed by atoms with Crippen LogP contribution in [-0.2, 0) is 11.3 Å². The molecule has 1 aliphatic rings. The van der Waals surface area contributed by atoms with Gasteiger partial charge < -0.3 is 15.4 Å². The first-order valence-electron chi connectivity index (χ1n) is 11.9. The largest absolute Gasteiger partial charge is 0.383 e. The quantitative estimate of drug-likeness (QED) is 0.427. The summed E-state index contributed by atoms with van der Waals surface area (Å²) in [5.41, 5.74) is 4.14. The Labute approximate surface area is 216 Å². The van der Waals surface area contributed by atoms with Crippen molar-refractivity contribution < 1.29 is 18.4 Å². The molecule has 2 amide bonds. The lowest BCUT2D eigenvalue weighted by atomic mass is 9.97. The molecule has 37 heavy (non-hydrogen) atoms. The third-order valence-electron chi connectivity index (χ3n) is 5.39. The molecule has 4 rings (SSSR count). The van der Waals surface area contributed by atoms with Gasteiger partial charge in [0.2, 0.25) is 0 Å². The van der Waals surface area contributed by atoms with Crippen molar-refractivity contribution in [1.82, 2.24) is 20.6 Å². The Balaban J connectivity index is 0.00000115. The summed E-state index contributed by atoms with van der Waals surface area (Å²) in [4.78, 5) is 30.7. The molecule has 0 unspecified atom stereocenters. The molecule has 3 aromatic rings. The average Bonchev–Trinajstić information content (AvgIpc) is 2.87. The number of halogens is 2. The van der Waals surface area contributed by atoms with E-state index in [9.17, 15) is 13.6 Å². The van der Waals surface area contributed by atoms with Crippen molar-refractivity contribution in [2.45, 2.75) is 54.1 Å². The number of rotatable bonds is 5. The maximum Gasteiger partial charge on any atom is 0.328 e. The van der Waals surface area contributed by atoms with Crippen LogP contribution >= 0.6 is 0 Å². The molecule has 0 bridgehead atoms. The molecule has 0 saturated carbocycles. The molecule has 2 aromatic carbocycles. The third-order valence-corrected chi connectivity index (χ3v) is 5.39. The van der Waals surface area contributed by atoms with E-state index in [1.165, 1.54) is 6.07 Å². The monoisotopic (exact) mass is 509 g/mol. The van der Waals surface area contributed by atoms with Crippen molar-refractivity contribution in [1.29, 1.82) is 0 Å². The SMILES string of the molecule is C=C(NC(C)C)c1ccc(C)c(-c2nc(C)nc3c2CNC(=O)N3c2c(F)cccc2F)c1.C=O.CC. The topological polar surface area (TPSA) is 87.2 Å². The maximum absolute atomic E-state index is 14.6. The van der Waals surface area contributed by atoms with Gasteiger partial charge in [0.05, 0.1) is 12.2 Å². The molecule has 0 spiro atoms. The molecule has 0 radical (unpaired) electrons. The molecule has 1 aliphatic heterocycles. The van der Waals surface area contributed by atoms with E-state index in [1.54, 1.807) is 6.92 Å². The van der Waals surface area contributed by atoms with Gasteiger partial charge in [-0.05, 0) is 57.0 Å². The zero-order valence-corrected chi connectivity index (χ0v) is 22.1. The van der Waals surface area contributed by atoms with E-state index < -0.39 is 23.4 Å². The molecule has 2 heterocycles. The number of nitrogens with zero attached hydrogens (tertiary/aromatic N) is 3. The summed E-state index contributed by atoms with van der Waals surface area (Å²) in [5.74, 6) is -1.17. The standard InChI is InChI=1S/C25H25F2N5O.C2H6.CH2O/c1-13(2)29-15(4)17-10-9-14(3)18(11-17)22-19-12-28-25(33)32(24(19)31-16(5)30-22)23-20(26)7-6-8-21(23)27;2*1-2/h6-11,13,29H,4,12H2,1-3,5H3,(H,28,33);1-2H3;1H2. The predicted molar refractivity (Wildman–Crippen MR) is 143 cm³/mol. The molecule has 9 heteroatoms. The van der Waals surface area contributed by atoms with Crippen LogP contribution in [-0.4, -0.2) is 28.8 Å². The maximum atomic E-state index is 14.6. The molecular formula is C28H33F2N5O2. The van der Waals surface area contributed by atoms with E-state index >= 15 is 0 Å². The first kappa shape index (κ1) is 29.1. The number of fused-ring (bicyclic) bond motifs is 1. The lowest BCUT2D eigenvalue weighted by Gasteiger charge is -2.30. The molecule has 0 atom stereocenters. The highest BCUT2D eigenvalue weighted by Gasteiger charge is 2.33. The van der Waals surface area contributed by atoms with Crippen LogP contribution in [0.1, 0.15) is 50.2 Å². The van der Waals surface area contributed by atoms with Crippen molar-refractivity contribution >= 4 is 30.0 Å². The number of benzene rings is 2. The number of para-hydroxylation sites is 1. The van der Waals surface area contributed by atoms with Crippen molar-refractivity contribution in [3.63, 3.8) is 0 Å². The van der Waals surface area contributed by atoms with E-state index in [0.717, 1.165) is 39.4 Å². The van der Waals surface area contributed by atoms with Gasteiger partial charge >= 0.3 is 6.03 Å². The van der Waals surface area contributed by atoms with E-state index in [0.29, 0.717) is 17.1 Å². The second-order valence-electron chi connectivity index (χ2n) is 8.29. The minimum atomic E-state index is -0.856. The summed E-state index contributed by atoms with van der Waals surface area (Å²) in [6.45, 7) is 18.0. The third kappa shape index (κ3) is 6.17. The predicted octanol–water partition coefficient (Wildman–Crippen LogP) is 6.21. The van der Waals surface area contributed by atoms with Crippen LogP contribution in [0.25, 0.3) is 17.0 Å². The lowest BCUT2D eigenvalue weighted by molar-refractivity contribution is -0.0980. The van der Waals surface area contributed by atoms with Gasteiger partial charge in [0, 0.05) is 22.9 Å². The van der Waals surface area contributed by atoms with Gasteiger partial charge in [0.25, 0.3) is 0 Å². The van der Waals surface area contributed by atoms with Gasteiger partial charge in [0.15, 0.2) is 5.82 Å². The Hall–Kier alpha value is -4.14. The van der Waals surface area contributed by atoms with Gasteiger partial charge in [0.1, 0.15) is 29.9 Å². The van der Waals surface area contributed by atoms with Crippen LogP contribution in [0.4, 0.5) is 25.1 Å². The molecule has 196 valence electrons. The number of hydrogen-bond acceptors (Lipinski definition) is 5. The second kappa shape index (κ2) is 12.7. The number of hydrogen-bond donors (Lipinski definition) is 2. The van der Waals surface area contributed by atoms with Crippen LogP contribution in [0.3, 0.4) is 0 Å². The first-order valence-corrected chi connectivity index (χ1v) is 11.9. The highest BCUT2D eigenvalue weighted by molar-refractivity contribution is 6.02. The van der Waals surface area contributed by atoms with E-state index in [-0.39, 0.29) is 18.4 Å². The summed E-state index contributed by atoms with van der Waals surface area (Å²) in [6, 6.07) is 8.94. The number of aryl methyl sites for hydroxylation is 2. The molecule has 0 aliphatic carbocycles. The molecule has 0 fully saturated rings. The lowest BCUT2D eigenvalue weighted by Crippen LogP contribution is -2.43. The van der Waals surface area contributed by atoms with Gasteiger partial charge in [-0.3, -0.25) is 0 Å². The van der Waals surface area contributed by atoms with E-state index in [2.05, 4.69) is 27.2 Å². The number of anilines is 2. The van der Waals surface area contributed by atoms with Crippen LogP contribution in [0.2, 0.25) is 0 Å². The minimum Gasteiger partial charge on any atom is -0.383 e. The summed E-state index contributed by atoms with van der Waals surface area (Å²) in [7, 11) is 0. The molecule has 0 saturated heterocycles. The van der Waals surface area contributed by atoms with Gasteiger partial charge in [-0.25, -0.2) is 28.4 Å².